The third-order valence-corrected chi connectivity index (χ3v) is 2.20. The van der Waals surface area contributed by atoms with Crippen LogP contribution in [0.2, 0.25) is 0 Å². The third kappa shape index (κ3) is 1.18. The van der Waals surface area contributed by atoms with Gasteiger partial charge in [-0.1, -0.05) is 20.8 Å². The maximum atomic E-state index is 5.48. The Morgan fingerprint density at radius 3 is 1.70 bits per heavy atom. The van der Waals surface area contributed by atoms with Crippen LogP contribution in [0.3, 0.4) is 0 Å². The molecule has 0 bridgehead atoms. The number of hydrogen-bond acceptors (Lipinski definition) is 2. The molecule has 0 unspecified atom stereocenters. The molecular formula is C8H16O2. The average molecular weight is 144 g/mol. The maximum Gasteiger partial charge on any atom is 0.170 e. The molecular weight excluding hydrogens is 128 g/mol. The fourth-order valence-corrected chi connectivity index (χ4v) is 0.948. The molecule has 1 aliphatic rings. The minimum Gasteiger partial charge on any atom is -0.347 e. The molecule has 0 atom stereocenters. The lowest BCUT2D eigenvalue weighted by Gasteiger charge is -2.36. The molecule has 1 aliphatic heterocycles. The molecule has 1 saturated heterocycles. The Balaban J connectivity index is 2.67. The van der Waals surface area contributed by atoms with Gasteiger partial charge in [-0.3, -0.25) is 0 Å². The van der Waals surface area contributed by atoms with Crippen LogP contribution in [-0.4, -0.2) is 19.0 Å². The first-order chi connectivity index (χ1) is 4.46. The van der Waals surface area contributed by atoms with E-state index in [9.17, 15) is 0 Å². The van der Waals surface area contributed by atoms with Crippen molar-refractivity contribution in [2.45, 2.75) is 33.5 Å². The molecule has 0 aliphatic carbocycles. The highest BCUT2D eigenvalue weighted by atomic mass is 16.7. The van der Waals surface area contributed by atoms with Crippen molar-refractivity contribution in [1.29, 1.82) is 0 Å². The Morgan fingerprint density at radius 2 is 1.50 bits per heavy atom. The van der Waals surface area contributed by atoms with Crippen LogP contribution in [0.15, 0.2) is 0 Å². The minimum atomic E-state index is -0.368. The number of ether oxygens (including phenoxy) is 2. The van der Waals surface area contributed by atoms with E-state index >= 15 is 0 Å². The summed E-state index contributed by atoms with van der Waals surface area (Å²) < 4.78 is 11.0. The Hall–Kier alpha value is -0.0800. The van der Waals surface area contributed by atoms with Gasteiger partial charge in [-0.2, -0.15) is 0 Å². The largest absolute Gasteiger partial charge is 0.347 e. The van der Waals surface area contributed by atoms with E-state index in [0.717, 1.165) is 13.2 Å². The molecule has 0 aromatic heterocycles. The van der Waals surface area contributed by atoms with Crippen molar-refractivity contribution in [1.82, 2.24) is 0 Å². The van der Waals surface area contributed by atoms with E-state index in [-0.39, 0.29) is 11.2 Å². The van der Waals surface area contributed by atoms with Gasteiger partial charge in [-0.05, 0) is 6.92 Å². The number of rotatable bonds is 0. The van der Waals surface area contributed by atoms with Gasteiger partial charge < -0.3 is 9.47 Å². The normalized spacial score (nSPS) is 25.2. The van der Waals surface area contributed by atoms with Crippen molar-refractivity contribution in [3.8, 4) is 0 Å². The fourth-order valence-electron chi connectivity index (χ4n) is 0.948. The van der Waals surface area contributed by atoms with Gasteiger partial charge in [0.25, 0.3) is 0 Å². The summed E-state index contributed by atoms with van der Waals surface area (Å²) in [5, 5.41) is 0. The number of hydrogen-bond donors (Lipinski definition) is 0. The molecule has 0 radical (unpaired) electrons. The zero-order valence-corrected chi connectivity index (χ0v) is 7.23. The van der Waals surface area contributed by atoms with Gasteiger partial charge in [0.1, 0.15) is 0 Å². The van der Waals surface area contributed by atoms with Crippen LogP contribution in [-0.2, 0) is 9.47 Å². The Morgan fingerprint density at radius 1 is 1.10 bits per heavy atom. The molecule has 1 heterocycles. The van der Waals surface area contributed by atoms with Crippen LogP contribution < -0.4 is 0 Å². The maximum absolute atomic E-state index is 5.48. The molecule has 0 saturated carbocycles. The average Bonchev–Trinajstić information content (AvgIpc) is 2.13. The molecule has 10 heavy (non-hydrogen) atoms. The second-order valence-electron chi connectivity index (χ2n) is 3.89. The first kappa shape index (κ1) is 8.02. The summed E-state index contributed by atoms with van der Waals surface area (Å²) in [4.78, 5) is 0. The molecule has 0 spiro atoms. The summed E-state index contributed by atoms with van der Waals surface area (Å²) in [6, 6.07) is 0. The van der Waals surface area contributed by atoms with Crippen molar-refractivity contribution in [3.63, 3.8) is 0 Å². The van der Waals surface area contributed by atoms with Crippen LogP contribution in [0.4, 0.5) is 0 Å². The Bertz CT molecular complexity index is 118. The lowest BCUT2D eigenvalue weighted by Crippen LogP contribution is -2.40. The summed E-state index contributed by atoms with van der Waals surface area (Å²) in [7, 11) is 0. The second-order valence-corrected chi connectivity index (χ2v) is 3.89. The predicted molar refractivity (Wildman–Crippen MR) is 39.8 cm³/mol. The van der Waals surface area contributed by atoms with E-state index < -0.39 is 0 Å². The second kappa shape index (κ2) is 2.21. The van der Waals surface area contributed by atoms with Crippen molar-refractivity contribution in [3.05, 3.63) is 0 Å². The topological polar surface area (TPSA) is 18.5 Å². The van der Waals surface area contributed by atoms with Gasteiger partial charge in [0.05, 0.1) is 13.2 Å². The van der Waals surface area contributed by atoms with Crippen LogP contribution in [0.5, 0.6) is 0 Å². The van der Waals surface area contributed by atoms with Gasteiger partial charge in [-0.15, -0.1) is 0 Å². The highest BCUT2D eigenvalue weighted by molar-refractivity contribution is 4.82. The zero-order valence-electron chi connectivity index (χ0n) is 7.23. The van der Waals surface area contributed by atoms with E-state index in [1.807, 2.05) is 6.92 Å². The first-order valence-corrected chi connectivity index (χ1v) is 3.74. The van der Waals surface area contributed by atoms with Crippen molar-refractivity contribution < 1.29 is 9.47 Å². The van der Waals surface area contributed by atoms with Crippen LogP contribution in [0, 0.1) is 5.41 Å². The molecule has 2 heteroatoms. The lowest BCUT2D eigenvalue weighted by atomic mass is 9.87. The smallest absolute Gasteiger partial charge is 0.170 e. The zero-order chi connectivity index (χ0) is 7.83. The molecule has 1 fully saturated rings. The summed E-state index contributed by atoms with van der Waals surface area (Å²) in [6.45, 7) is 9.83. The first-order valence-electron chi connectivity index (χ1n) is 3.74. The van der Waals surface area contributed by atoms with E-state index in [1.165, 1.54) is 0 Å². The fraction of sp³-hybridized carbons (Fsp3) is 1.00. The van der Waals surface area contributed by atoms with E-state index in [1.54, 1.807) is 0 Å². The van der Waals surface area contributed by atoms with E-state index in [2.05, 4.69) is 20.8 Å². The molecule has 0 aromatic carbocycles. The highest BCUT2D eigenvalue weighted by Crippen LogP contribution is 2.36. The Labute approximate surface area is 62.5 Å². The molecule has 60 valence electrons. The lowest BCUT2D eigenvalue weighted by molar-refractivity contribution is -0.208. The van der Waals surface area contributed by atoms with Crippen LogP contribution >= 0.6 is 0 Å². The van der Waals surface area contributed by atoms with E-state index in [0.29, 0.717) is 0 Å². The van der Waals surface area contributed by atoms with Crippen molar-refractivity contribution >= 4 is 0 Å². The third-order valence-electron chi connectivity index (χ3n) is 2.20. The highest BCUT2D eigenvalue weighted by Gasteiger charge is 2.42. The summed E-state index contributed by atoms with van der Waals surface area (Å²) in [6.07, 6.45) is 0. The van der Waals surface area contributed by atoms with Gasteiger partial charge >= 0.3 is 0 Å². The van der Waals surface area contributed by atoms with Crippen molar-refractivity contribution in [2.24, 2.45) is 5.41 Å². The van der Waals surface area contributed by atoms with Crippen molar-refractivity contribution in [2.75, 3.05) is 13.2 Å². The van der Waals surface area contributed by atoms with Gasteiger partial charge in [0, 0.05) is 5.41 Å². The summed E-state index contributed by atoms with van der Waals surface area (Å²) in [5.74, 6) is -0.368. The summed E-state index contributed by atoms with van der Waals surface area (Å²) in [5.41, 5.74) is 0.0729. The van der Waals surface area contributed by atoms with E-state index in [4.69, 9.17) is 9.47 Å². The van der Waals surface area contributed by atoms with Gasteiger partial charge in [0.2, 0.25) is 0 Å². The monoisotopic (exact) mass is 144 g/mol. The van der Waals surface area contributed by atoms with Crippen LogP contribution in [0.25, 0.3) is 0 Å². The van der Waals surface area contributed by atoms with Crippen LogP contribution in [0.1, 0.15) is 27.7 Å². The van der Waals surface area contributed by atoms with Gasteiger partial charge in [-0.25, -0.2) is 0 Å². The molecule has 0 amide bonds. The minimum absolute atomic E-state index is 0.0729. The van der Waals surface area contributed by atoms with Gasteiger partial charge in [0.15, 0.2) is 5.79 Å². The predicted octanol–water partition coefficient (Wildman–Crippen LogP) is 1.80. The standard InChI is InChI=1S/C8H16O2/c1-7(2,3)8(4)9-5-6-10-8/h5-6H2,1-4H3. The summed E-state index contributed by atoms with van der Waals surface area (Å²) >= 11 is 0. The molecule has 0 aromatic rings. The Kier molecular flexibility index (Phi) is 1.77. The molecule has 2 nitrogen and oxygen atoms in total. The quantitative estimate of drug-likeness (QED) is 0.516. The molecule has 1 rings (SSSR count). The SMILES string of the molecule is CC(C)(C)C1(C)OCCO1. The molecule has 0 N–H and O–H groups in total.